The zero-order chi connectivity index (χ0) is 13.5. The van der Waals surface area contributed by atoms with Crippen molar-refractivity contribution in [3.8, 4) is 5.75 Å². The molecule has 0 heterocycles. The van der Waals surface area contributed by atoms with Crippen LogP contribution in [-0.2, 0) is 11.3 Å². The van der Waals surface area contributed by atoms with E-state index in [1.54, 1.807) is 12.1 Å². The van der Waals surface area contributed by atoms with Crippen molar-refractivity contribution in [3.05, 3.63) is 29.8 Å². The van der Waals surface area contributed by atoms with Gasteiger partial charge in [0.2, 0.25) is 0 Å². The number of aromatic hydroxyl groups is 1. The van der Waals surface area contributed by atoms with Crippen LogP contribution in [0.2, 0.25) is 0 Å². The fourth-order valence-corrected chi connectivity index (χ4v) is 1.72. The Morgan fingerprint density at radius 1 is 1.28 bits per heavy atom. The van der Waals surface area contributed by atoms with Gasteiger partial charge < -0.3 is 14.9 Å². The quantitative estimate of drug-likeness (QED) is 0.775. The number of aliphatic hydroxyl groups excluding tert-OH is 1. The van der Waals surface area contributed by atoms with Gasteiger partial charge in [-0.05, 0) is 27.0 Å². The number of rotatable bonds is 7. The summed E-state index contributed by atoms with van der Waals surface area (Å²) >= 11 is 0. The maximum absolute atomic E-state index is 9.79. The second kappa shape index (κ2) is 7.36. The van der Waals surface area contributed by atoms with Crippen LogP contribution in [0.3, 0.4) is 0 Å². The highest BCUT2D eigenvalue weighted by Crippen LogP contribution is 2.17. The lowest BCUT2D eigenvalue weighted by Crippen LogP contribution is -2.32. The lowest BCUT2D eigenvalue weighted by Gasteiger charge is -2.21. The number of para-hydroxylation sites is 1. The number of benzene rings is 1. The summed E-state index contributed by atoms with van der Waals surface area (Å²) < 4.78 is 5.35. The van der Waals surface area contributed by atoms with E-state index < -0.39 is 6.10 Å². The van der Waals surface area contributed by atoms with Gasteiger partial charge in [0.25, 0.3) is 0 Å². The summed E-state index contributed by atoms with van der Waals surface area (Å²) in [5.41, 5.74) is 0.858. The van der Waals surface area contributed by atoms with E-state index >= 15 is 0 Å². The molecule has 4 nitrogen and oxygen atoms in total. The molecule has 0 saturated carbocycles. The summed E-state index contributed by atoms with van der Waals surface area (Å²) in [6.45, 7) is 5.34. The summed E-state index contributed by atoms with van der Waals surface area (Å²) in [6.07, 6.45) is -0.383. The molecule has 0 amide bonds. The van der Waals surface area contributed by atoms with Crippen LogP contribution in [0, 0.1) is 0 Å². The van der Waals surface area contributed by atoms with Gasteiger partial charge in [0.05, 0.1) is 18.8 Å². The van der Waals surface area contributed by atoms with E-state index in [0.717, 1.165) is 5.56 Å². The van der Waals surface area contributed by atoms with Crippen molar-refractivity contribution in [2.75, 3.05) is 20.2 Å². The number of hydrogen-bond acceptors (Lipinski definition) is 4. The number of aliphatic hydroxyl groups is 1. The van der Waals surface area contributed by atoms with Crippen LogP contribution in [-0.4, -0.2) is 47.5 Å². The third-order valence-electron chi connectivity index (χ3n) is 2.58. The van der Waals surface area contributed by atoms with Crippen molar-refractivity contribution in [1.82, 2.24) is 4.90 Å². The molecule has 0 aliphatic carbocycles. The van der Waals surface area contributed by atoms with Gasteiger partial charge in [0.1, 0.15) is 5.75 Å². The Kier molecular flexibility index (Phi) is 6.12. The smallest absolute Gasteiger partial charge is 0.120 e. The van der Waals surface area contributed by atoms with Gasteiger partial charge in [0.15, 0.2) is 0 Å². The van der Waals surface area contributed by atoms with Crippen LogP contribution in [0.4, 0.5) is 0 Å². The lowest BCUT2D eigenvalue weighted by atomic mass is 10.2. The van der Waals surface area contributed by atoms with Gasteiger partial charge in [-0.1, -0.05) is 18.2 Å². The monoisotopic (exact) mass is 253 g/mol. The normalized spacial score (nSPS) is 13.2. The van der Waals surface area contributed by atoms with Gasteiger partial charge in [-0.3, -0.25) is 4.90 Å². The molecule has 4 heteroatoms. The number of hydrogen-bond donors (Lipinski definition) is 2. The SMILES string of the molecule is CC(C)OCC(O)CN(C)Cc1ccccc1O. The van der Waals surface area contributed by atoms with Crippen molar-refractivity contribution in [3.63, 3.8) is 0 Å². The molecule has 0 aromatic heterocycles. The highest BCUT2D eigenvalue weighted by atomic mass is 16.5. The van der Waals surface area contributed by atoms with Gasteiger partial charge in [-0.25, -0.2) is 0 Å². The summed E-state index contributed by atoms with van der Waals surface area (Å²) in [5, 5.41) is 19.4. The first-order valence-electron chi connectivity index (χ1n) is 6.24. The molecule has 2 N–H and O–H groups in total. The molecule has 0 aliphatic rings. The second-order valence-corrected chi connectivity index (χ2v) is 4.86. The Morgan fingerprint density at radius 3 is 2.56 bits per heavy atom. The predicted octanol–water partition coefficient (Wildman–Crippen LogP) is 1.61. The van der Waals surface area contributed by atoms with E-state index in [2.05, 4.69) is 0 Å². The van der Waals surface area contributed by atoms with Gasteiger partial charge in [-0.15, -0.1) is 0 Å². The molecule has 0 bridgehead atoms. The fraction of sp³-hybridized carbons (Fsp3) is 0.571. The highest BCUT2D eigenvalue weighted by Gasteiger charge is 2.11. The topological polar surface area (TPSA) is 52.9 Å². The van der Waals surface area contributed by atoms with Crippen LogP contribution in [0.5, 0.6) is 5.75 Å². The van der Waals surface area contributed by atoms with Crippen molar-refractivity contribution in [2.24, 2.45) is 0 Å². The van der Waals surface area contributed by atoms with Crippen LogP contribution in [0.15, 0.2) is 24.3 Å². The fourth-order valence-electron chi connectivity index (χ4n) is 1.72. The average molecular weight is 253 g/mol. The third-order valence-corrected chi connectivity index (χ3v) is 2.58. The molecular weight excluding hydrogens is 230 g/mol. The lowest BCUT2D eigenvalue weighted by molar-refractivity contribution is -0.00640. The highest BCUT2D eigenvalue weighted by molar-refractivity contribution is 5.31. The number of likely N-dealkylation sites (N-methyl/N-ethyl adjacent to an activating group) is 1. The molecule has 0 fully saturated rings. The summed E-state index contributed by atoms with van der Waals surface area (Å²) in [4.78, 5) is 1.96. The van der Waals surface area contributed by atoms with E-state index in [1.807, 2.05) is 37.9 Å². The first-order chi connectivity index (χ1) is 8.49. The Hall–Kier alpha value is -1.10. The molecule has 0 spiro atoms. The number of ether oxygens (including phenoxy) is 1. The number of phenols is 1. The first-order valence-corrected chi connectivity index (χ1v) is 6.24. The molecule has 0 radical (unpaired) electrons. The van der Waals surface area contributed by atoms with Gasteiger partial charge >= 0.3 is 0 Å². The molecule has 0 saturated heterocycles. The first kappa shape index (κ1) is 15.0. The molecule has 18 heavy (non-hydrogen) atoms. The minimum Gasteiger partial charge on any atom is -0.508 e. The van der Waals surface area contributed by atoms with Crippen molar-refractivity contribution in [1.29, 1.82) is 0 Å². The van der Waals surface area contributed by atoms with Crippen molar-refractivity contribution >= 4 is 0 Å². The van der Waals surface area contributed by atoms with E-state index in [4.69, 9.17) is 4.74 Å². The van der Waals surface area contributed by atoms with E-state index in [-0.39, 0.29) is 11.9 Å². The minimum absolute atomic E-state index is 0.128. The second-order valence-electron chi connectivity index (χ2n) is 4.86. The molecule has 1 aromatic rings. The van der Waals surface area contributed by atoms with Crippen LogP contribution in [0.1, 0.15) is 19.4 Å². The van der Waals surface area contributed by atoms with Crippen LogP contribution >= 0.6 is 0 Å². The Morgan fingerprint density at radius 2 is 1.94 bits per heavy atom. The molecule has 1 rings (SSSR count). The zero-order valence-electron chi connectivity index (χ0n) is 11.3. The Bertz CT molecular complexity index is 355. The number of phenolic OH excluding ortho intramolecular Hbond substituents is 1. The summed E-state index contributed by atoms with van der Waals surface area (Å²) in [7, 11) is 1.91. The standard InChI is InChI=1S/C14H23NO3/c1-11(2)18-10-13(16)9-15(3)8-12-6-4-5-7-14(12)17/h4-7,11,13,16-17H,8-10H2,1-3H3. The van der Waals surface area contributed by atoms with E-state index in [0.29, 0.717) is 19.7 Å². The number of nitrogens with zero attached hydrogens (tertiary/aromatic N) is 1. The third kappa shape index (κ3) is 5.49. The van der Waals surface area contributed by atoms with E-state index in [9.17, 15) is 10.2 Å². The molecule has 1 aromatic carbocycles. The molecule has 0 aliphatic heterocycles. The van der Waals surface area contributed by atoms with Crippen molar-refractivity contribution in [2.45, 2.75) is 32.6 Å². The van der Waals surface area contributed by atoms with Gasteiger partial charge in [0, 0.05) is 18.7 Å². The van der Waals surface area contributed by atoms with Gasteiger partial charge in [-0.2, -0.15) is 0 Å². The Balaban J connectivity index is 2.37. The maximum Gasteiger partial charge on any atom is 0.120 e. The zero-order valence-corrected chi connectivity index (χ0v) is 11.3. The van der Waals surface area contributed by atoms with E-state index in [1.165, 1.54) is 0 Å². The molecule has 1 atom stereocenters. The predicted molar refractivity (Wildman–Crippen MR) is 71.5 cm³/mol. The maximum atomic E-state index is 9.79. The largest absolute Gasteiger partial charge is 0.508 e. The summed E-state index contributed by atoms with van der Waals surface area (Å²) in [6, 6.07) is 7.23. The summed E-state index contributed by atoms with van der Waals surface area (Å²) in [5.74, 6) is 0.289. The molecule has 1 unspecified atom stereocenters. The molecular formula is C14H23NO3. The van der Waals surface area contributed by atoms with Crippen LogP contribution < -0.4 is 0 Å². The van der Waals surface area contributed by atoms with Crippen molar-refractivity contribution < 1.29 is 14.9 Å². The average Bonchev–Trinajstić information content (AvgIpc) is 2.29. The van der Waals surface area contributed by atoms with Crippen LogP contribution in [0.25, 0.3) is 0 Å². The molecule has 102 valence electrons. The Labute approximate surface area is 109 Å². The minimum atomic E-state index is -0.511.